The van der Waals surface area contributed by atoms with Crippen LogP contribution in [0.15, 0.2) is 73.3 Å². The molecular formula is C20H15FO3. The van der Waals surface area contributed by atoms with Gasteiger partial charge in [0.05, 0.1) is 5.56 Å². The van der Waals surface area contributed by atoms with Gasteiger partial charge in [0.1, 0.15) is 23.9 Å². The highest BCUT2D eigenvalue weighted by atomic mass is 19.1. The maximum Gasteiger partial charge on any atom is 0.343 e. The van der Waals surface area contributed by atoms with Gasteiger partial charge in [0.15, 0.2) is 0 Å². The molecule has 0 unspecified atom stereocenters. The third kappa shape index (κ3) is 3.43. The van der Waals surface area contributed by atoms with Crippen LogP contribution in [0.4, 0.5) is 4.39 Å². The molecule has 3 aromatic carbocycles. The lowest BCUT2D eigenvalue weighted by atomic mass is 10.1. The van der Waals surface area contributed by atoms with E-state index in [4.69, 9.17) is 9.47 Å². The summed E-state index contributed by atoms with van der Waals surface area (Å²) in [6, 6.07) is 16.2. The first-order chi connectivity index (χ1) is 11.7. The lowest BCUT2D eigenvalue weighted by Gasteiger charge is -2.07. The smallest absolute Gasteiger partial charge is 0.343 e. The van der Waals surface area contributed by atoms with E-state index in [1.807, 2.05) is 0 Å². The summed E-state index contributed by atoms with van der Waals surface area (Å²) in [6.07, 6.45) is 1.64. The highest BCUT2D eigenvalue weighted by Gasteiger charge is 2.10. The standard InChI is InChI=1S/C20H15FO3/c1-2-12-23-16-8-6-14(7-9-16)20(22)24-17-10-11-18-15(13-17)4-3-5-19(18)21/h2-11,13H,1,12H2. The molecule has 0 saturated carbocycles. The van der Waals surface area contributed by atoms with Gasteiger partial charge in [0.25, 0.3) is 0 Å². The lowest BCUT2D eigenvalue weighted by molar-refractivity contribution is 0.0735. The topological polar surface area (TPSA) is 35.5 Å². The van der Waals surface area contributed by atoms with E-state index in [9.17, 15) is 9.18 Å². The lowest BCUT2D eigenvalue weighted by Crippen LogP contribution is -2.08. The molecule has 0 aromatic heterocycles. The number of fused-ring (bicyclic) bond motifs is 1. The highest BCUT2D eigenvalue weighted by molar-refractivity contribution is 5.92. The van der Waals surface area contributed by atoms with Gasteiger partial charge >= 0.3 is 5.97 Å². The minimum absolute atomic E-state index is 0.305. The molecule has 24 heavy (non-hydrogen) atoms. The second-order valence-corrected chi connectivity index (χ2v) is 5.14. The molecule has 3 nitrogen and oxygen atoms in total. The third-order valence-corrected chi connectivity index (χ3v) is 3.47. The fourth-order valence-electron chi connectivity index (χ4n) is 2.29. The molecule has 0 bridgehead atoms. The van der Waals surface area contributed by atoms with E-state index < -0.39 is 5.97 Å². The first kappa shape index (κ1) is 15.7. The Morgan fingerprint density at radius 3 is 2.54 bits per heavy atom. The number of hydrogen-bond acceptors (Lipinski definition) is 3. The maximum atomic E-state index is 13.6. The summed E-state index contributed by atoms with van der Waals surface area (Å²) in [5, 5.41) is 1.16. The van der Waals surface area contributed by atoms with E-state index in [0.29, 0.717) is 34.4 Å². The molecule has 0 N–H and O–H groups in total. The second kappa shape index (κ2) is 6.96. The van der Waals surface area contributed by atoms with E-state index >= 15 is 0 Å². The minimum atomic E-state index is -0.485. The summed E-state index contributed by atoms with van der Waals surface area (Å²) in [6.45, 7) is 3.97. The van der Waals surface area contributed by atoms with Gasteiger partial charge in [-0.2, -0.15) is 0 Å². The van der Waals surface area contributed by atoms with Gasteiger partial charge in [0.2, 0.25) is 0 Å². The number of rotatable bonds is 5. The zero-order chi connectivity index (χ0) is 16.9. The van der Waals surface area contributed by atoms with Gasteiger partial charge in [-0.05, 0) is 53.9 Å². The van der Waals surface area contributed by atoms with Gasteiger partial charge in [-0.3, -0.25) is 0 Å². The van der Waals surface area contributed by atoms with E-state index in [1.54, 1.807) is 60.7 Å². The van der Waals surface area contributed by atoms with Crippen molar-refractivity contribution in [1.82, 2.24) is 0 Å². The third-order valence-electron chi connectivity index (χ3n) is 3.47. The Morgan fingerprint density at radius 1 is 1.04 bits per heavy atom. The van der Waals surface area contributed by atoms with Gasteiger partial charge in [-0.15, -0.1) is 0 Å². The van der Waals surface area contributed by atoms with Crippen LogP contribution in [0.1, 0.15) is 10.4 Å². The summed E-state index contributed by atoms with van der Waals surface area (Å²) in [5.41, 5.74) is 0.403. The van der Waals surface area contributed by atoms with E-state index in [-0.39, 0.29) is 5.82 Å². The normalized spacial score (nSPS) is 10.4. The average Bonchev–Trinajstić information content (AvgIpc) is 2.60. The number of esters is 1. The molecule has 120 valence electrons. The highest BCUT2D eigenvalue weighted by Crippen LogP contribution is 2.24. The maximum absolute atomic E-state index is 13.6. The van der Waals surface area contributed by atoms with Crippen LogP contribution in [0.25, 0.3) is 10.8 Å². The predicted octanol–water partition coefficient (Wildman–Crippen LogP) is 4.76. The van der Waals surface area contributed by atoms with Crippen LogP contribution in [-0.2, 0) is 0 Å². The van der Waals surface area contributed by atoms with Gasteiger partial charge in [-0.1, -0.05) is 24.8 Å². The number of carbonyl (C=O) groups is 1. The minimum Gasteiger partial charge on any atom is -0.490 e. The molecule has 0 fully saturated rings. The molecule has 4 heteroatoms. The van der Waals surface area contributed by atoms with Crippen molar-refractivity contribution in [2.75, 3.05) is 6.61 Å². The summed E-state index contributed by atoms with van der Waals surface area (Å²) in [5.74, 6) is 0.222. The van der Waals surface area contributed by atoms with Crippen molar-refractivity contribution in [1.29, 1.82) is 0 Å². The van der Waals surface area contributed by atoms with Crippen molar-refractivity contribution < 1.29 is 18.7 Å². The van der Waals surface area contributed by atoms with Crippen LogP contribution in [-0.4, -0.2) is 12.6 Å². The number of ether oxygens (including phenoxy) is 2. The number of halogens is 1. The fourth-order valence-corrected chi connectivity index (χ4v) is 2.29. The molecule has 0 aliphatic carbocycles. The fraction of sp³-hybridized carbons (Fsp3) is 0.0500. The Kier molecular flexibility index (Phi) is 4.57. The molecule has 0 spiro atoms. The van der Waals surface area contributed by atoms with Crippen LogP contribution in [0.2, 0.25) is 0 Å². The number of benzene rings is 3. The molecule has 0 heterocycles. The molecule has 0 atom stereocenters. The summed E-state index contributed by atoms with van der Waals surface area (Å²) in [4.78, 5) is 12.2. The van der Waals surface area contributed by atoms with Crippen molar-refractivity contribution in [3.8, 4) is 11.5 Å². The quantitative estimate of drug-likeness (QED) is 0.386. The Hall–Kier alpha value is -3.14. The molecule has 3 aromatic rings. The first-order valence-electron chi connectivity index (χ1n) is 7.41. The summed E-state index contributed by atoms with van der Waals surface area (Å²) >= 11 is 0. The van der Waals surface area contributed by atoms with Crippen molar-refractivity contribution in [3.63, 3.8) is 0 Å². The van der Waals surface area contributed by atoms with Crippen molar-refractivity contribution in [2.24, 2.45) is 0 Å². The zero-order valence-electron chi connectivity index (χ0n) is 12.9. The SMILES string of the molecule is C=CCOc1ccc(C(=O)Oc2ccc3c(F)cccc3c2)cc1. The predicted molar refractivity (Wildman–Crippen MR) is 91.0 cm³/mol. The van der Waals surface area contributed by atoms with Crippen molar-refractivity contribution in [3.05, 3.63) is 84.7 Å². The Bertz CT molecular complexity index is 885. The summed E-state index contributed by atoms with van der Waals surface area (Å²) in [7, 11) is 0. The van der Waals surface area contributed by atoms with Gasteiger partial charge < -0.3 is 9.47 Å². The molecule has 3 rings (SSSR count). The molecule has 0 aliphatic rings. The van der Waals surface area contributed by atoms with Crippen LogP contribution in [0, 0.1) is 5.82 Å². The molecule has 0 aliphatic heterocycles. The zero-order valence-corrected chi connectivity index (χ0v) is 12.9. The average molecular weight is 322 g/mol. The second-order valence-electron chi connectivity index (χ2n) is 5.14. The van der Waals surface area contributed by atoms with Crippen LogP contribution < -0.4 is 9.47 Å². The van der Waals surface area contributed by atoms with Crippen LogP contribution in [0.5, 0.6) is 11.5 Å². The van der Waals surface area contributed by atoms with Crippen molar-refractivity contribution in [2.45, 2.75) is 0 Å². The molecule has 0 radical (unpaired) electrons. The molecule has 0 amide bonds. The largest absolute Gasteiger partial charge is 0.490 e. The van der Waals surface area contributed by atoms with E-state index in [1.165, 1.54) is 6.07 Å². The summed E-state index contributed by atoms with van der Waals surface area (Å²) < 4.78 is 24.4. The molecule has 0 saturated heterocycles. The van der Waals surface area contributed by atoms with Crippen LogP contribution in [0.3, 0.4) is 0 Å². The molecular weight excluding hydrogens is 307 g/mol. The Balaban J connectivity index is 1.75. The number of carbonyl (C=O) groups excluding carboxylic acids is 1. The van der Waals surface area contributed by atoms with Gasteiger partial charge in [0, 0.05) is 5.39 Å². The number of hydrogen-bond donors (Lipinski definition) is 0. The van der Waals surface area contributed by atoms with Crippen molar-refractivity contribution >= 4 is 16.7 Å². The Morgan fingerprint density at radius 2 is 1.79 bits per heavy atom. The van der Waals surface area contributed by atoms with Crippen LogP contribution >= 0.6 is 0 Å². The monoisotopic (exact) mass is 322 g/mol. The van der Waals surface area contributed by atoms with E-state index in [2.05, 4.69) is 6.58 Å². The first-order valence-corrected chi connectivity index (χ1v) is 7.41. The Labute approximate surface area is 138 Å². The van der Waals surface area contributed by atoms with E-state index in [0.717, 1.165) is 0 Å². The van der Waals surface area contributed by atoms with Gasteiger partial charge in [-0.25, -0.2) is 9.18 Å².